The van der Waals surface area contributed by atoms with Crippen molar-refractivity contribution in [1.82, 2.24) is 15.5 Å². The maximum absolute atomic E-state index is 12.7. The van der Waals surface area contributed by atoms with E-state index in [4.69, 9.17) is 11.6 Å². The van der Waals surface area contributed by atoms with E-state index >= 15 is 0 Å². The number of carbonyl (C=O) groups excluding carboxylic acids is 3. The summed E-state index contributed by atoms with van der Waals surface area (Å²) in [7, 11) is 0. The summed E-state index contributed by atoms with van der Waals surface area (Å²) in [5, 5.41) is 16.1. The molecular formula is C23H27ClN4O5. The van der Waals surface area contributed by atoms with E-state index in [1.807, 2.05) is 37.3 Å². The van der Waals surface area contributed by atoms with Crippen LogP contribution in [0.15, 0.2) is 48.5 Å². The summed E-state index contributed by atoms with van der Waals surface area (Å²) in [5.74, 6) is -1.73. The van der Waals surface area contributed by atoms with Gasteiger partial charge in [-0.3, -0.25) is 24.5 Å². The summed E-state index contributed by atoms with van der Waals surface area (Å²) >= 11 is 5.79. The lowest BCUT2D eigenvalue weighted by Crippen LogP contribution is -2.51. The normalized spacial score (nSPS) is 11.5. The lowest BCUT2D eigenvalue weighted by Gasteiger charge is -2.24. The lowest BCUT2D eigenvalue weighted by atomic mass is 10.0. The first-order valence-electron chi connectivity index (χ1n) is 10.5. The first kappa shape index (κ1) is 25.8. The molecule has 0 spiro atoms. The van der Waals surface area contributed by atoms with Gasteiger partial charge in [-0.1, -0.05) is 55.8 Å². The van der Waals surface area contributed by atoms with Gasteiger partial charge in [-0.2, -0.15) is 0 Å². The number of nitro benzene ring substituents is 1. The average Bonchev–Trinajstić information content (AvgIpc) is 2.79. The van der Waals surface area contributed by atoms with Gasteiger partial charge in [0.2, 0.25) is 11.8 Å². The van der Waals surface area contributed by atoms with Gasteiger partial charge in [0.15, 0.2) is 0 Å². The number of nitro groups is 1. The summed E-state index contributed by atoms with van der Waals surface area (Å²) < 4.78 is 0. The highest BCUT2D eigenvalue weighted by Gasteiger charge is 2.26. The minimum Gasteiger partial charge on any atom is -0.345 e. The van der Waals surface area contributed by atoms with Crippen molar-refractivity contribution in [3.8, 4) is 0 Å². The molecule has 0 heterocycles. The van der Waals surface area contributed by atoms with Gasteiger partial charge in [-0.25, -0.2) is 0 Å². The smallest absolute Gasteiger partial charge is 0.288 e. The molecule has 2 aromatic rings. The number of hydrogen-bond donors (Lipinski definition) is 2. The quantitative estimate of drug-likeness (QED) is 0.404. The summed E-state index contributed by atoms with van der Waals surface area (Å²) in [6.45, 7) is 6.01. The van der Waals surface area contributed by atoms with Crippen molar-refractivity contribution in [3.63, 3.8) is 0 Å². The van der Waals surface area contributed by atoms with Crippen molar-refractivity contribution in [3.05, 3.63) is 74.8 Å². The molecule has 0 fully saturated rings. The Kier molecular flexibility index (Phi) is 9.35. The number of likely N-dealkylation sites (N-methyl/N-ethyl adjacent to an activating group) is 1. The second-order valence-corrected chi connectivity index (χ2v) is 8.14. The molecule has 0 aliphatic rings. The van der Waals surface area contributed by atoms with Crippen LogP contribution in [0.25, 0.3) is 0 Å². The Hall–Kier alpha value is -3.46. The van der Waals surface area contributed by atoms with Crippen LogP contribution < -0.4 is 10.6 Å². The number of hydrogen-bond acceptors (Lipinski definition) is 5. The fourth-order valence-electron chi connectivity index (χ4n) is 3.12. The minimum atomic E-state index is -0.941. The van der Waals surface area contributed by atoms with E-state index in [1.54, 1.807) is 18.7 Å². The van der Waals surface area contributed by atoms with Gasteiger partial charge >= 0.3 is 0 Å². The second-order valence-electron chi connectivity index (χ2n) is 7.73. The third-order valence-electron chi connectivity index (χ3n) is 5.01. The number of benzene rings is 2. The molecule has 2 aromatic carbocycles. The number of amides is 3. The standard InChI is InChI=1S/C23H27ClN4O5/c1-4-27(14-16-8-6-5-7-9-16)20(29)13-25-23(31)21(15(2)3)26-22(30)17-10-11-18(24)19(12-17)28(32)33/h5-12,15,21H,4,13-14H2,1-3H3,(H,25,31)(H,26,30). The fraction of sp³-hybridized carbons (Fsp3) is 0.348. The number of halogens is 1. The summed E-state index contributed by atoms with van der Waals surface area (Å²) in [6.07, 6.45) is 0. The van der Waals surface area contributed by atoms with Crippen LogP contribution in [0.2, 0.25) is 5.02 Å². The van der Waals surface area contributed by atoms with Crippen LogP contribution in [-0.2, 0) is 16.1 Å². The Morgan fingerprint density at radius 2 is 1.79 bits per heavy atom. The van der Waals surface area contributed by atoms with E-state index in [0.29, 0.717) is 13.1 Å². The summed E-state index contributed by atoms with van der Waals surface area (Å²) in [6, 6.07) is 12.2. The van der Waals surface area contributed by atoms with E-state index in [2.05, 4.69) is 10.6 Å². The zero-order valence-electron chi connectivity index (χ0n) is 18.7. The molecule has 0 bridgehead atoms. The molecule has 0 radical (unpaired) electrons. The third kappa shape index (κ3) is 7.28. The number of carbonyl (C=O) groups is 3. The van der Waals surface area contributed by atoms with Crippen molar-refractivity contribution in [2.75, 3.05) is 13.1 Å². The molecule has 2 N–H and O–H groups in total. The molecule has 0 aliphatic heterocycles. The van der Waals surface area contributed by atoms with Gasteiger partial charge in [-0.05, 0) is 30.5 Å². The predicted molar refractivity (Wildman–Crippen MR) is 125 cm³/mol. The predicted octanol–water partition coefficient (Wildman–Crippen LogP) is 3.17. The molecule has 176 valence electrons. The van der Waals surface area contributed by atoms with Crippen LogP contribution >= 0.6 is 11.6 Å². The van der Waals surface area contributed by atoms with Crippen molar-refractivity contribution in [1.29, 1.82) is 0 Å². The average molecular weight is 475 g/mol. The largest absolute Gasteiger partial charge is 0.345 e. The van der Waals surface area contributed by atoms with Gasteiger partial charge in [0.05, 0.1) is 11.5 Å². The molecule has 10 heteroatoms. The minimum absolute atomic E-state index is 0.000598. The molecule has 0 saturated carbocycles. The Bertz CT molecular complexity index is 1010. The highest BCUT2D eigenvalue weighted by Crippen LogP contribution is 2.25. The SMILES string of the molecule is CCN(Cc1ccccc1)C(=O)CNC(=O)C(NC(=O)c1ccc(Cl)c([N+](=O)[O-])c1)C(C)C. The van der Waals surface area contributed by atoms with Crippen LogP contribution in [0.1, 0.15) is 36.7 Å². The van der Waals surface area contributed by atoms with Gasteiger partial charge in [-0.15, -0.1) is 0 Å². The molecule has 1 atom stereocenters. The van der Waals surface area contributed by atoms with Crippen LogP contribution in [0, 0.1) is 16.0 Å². The number of nitrogens with one attached hydrogen (secondary N) is 2. The van der Waals surface area contributed by atoms with Crippen LogP contribution in [0.3, 0.4) is 0 Å². The molecule has 0 saturated heterocycles. The Balaban J connectivity index is 2.01. The third-order valence-corrected chi connectivity index (χ3v) is 5.32. The number of nitrogens with zero attached hydrogens (tertiary/aromatic N) is 2. The summed E-state index contributed by atoms with van der Waals surface area (Å²) in [4.78, 5) is 49.9. The highest BCUT2D eigenvalue weighted by atomic mass is 35.5. The Morgan fingerprint density at radius 3 is 2.36 bits per heavy atom. The molecular weight excluding hydrogens is 448 g/mol. The zero-order chi connectivity index (χ0) is 24.5. The van der Waals surface area contributed by atoms with Crippen LogP contribution in [-0.4, -0.2) is 46.7 Å². The molecule has 1 unspecified atom stereocenters. The first-order valence-corrected chi connectivity index (χ1v) is 10.9. The van der Waals surface area contributed by atoms with E-state index < -0.39 is 28.5 Å². The number of rotatable bonds is 10. The maximum Gasteiger partial charge on any atom is 0.288 e. The fourth-order valence-corrected chi connectivity index (χ4v) is 3.30. The lowest BCUT2D eigenvalue weighted by molar-refractivity contribution is -0.384. The van der Waals surface area contributed by atoms with Gasteiger partial charge < -0.3 is 15.5 Å². The van der Waals surface area contributed by atoms with E-state index in [0.717, 1.165) is 11.6 Å². The highest BCUT2D eigenvalue weighted by molar-refractivity contribution is 6.32. The molecule has 2 rings (SSSR count). The zero-order valence-corrected chi connectivity index (χ0v) is 19.5. The Labute approximate surface area is 197 Å². The Morgan fingerprint density at radius 1 is 1.12 bits per heavy atom. The van der Waals surface area contributed by atoms with Crippen molar-refractivity contribution in [2.24, 2.45) is 5.92 Å². The van der Waals surface area contributed by atoms with E-state index in [-0.39, 0.29) is 29.0 Å². The van der Waals surface area contributed by atoms with Crippen molar-refractivity contribution >= 4 is 35.0 Å². The van der Waals surface area contributed by atoms with E-state index in [9.17, 15) is 24.5 Å². The molecule has 33 heavy (non-hydrogen) atoms. The van der Waals surface area contributed by atoms with Gasteiger partial charge in [0, 0.05) is 24.7 Å². The van der Waals surface area contributed by atoms with Crippen molar-refractivity contribution < 1.29 is 19.3 Å². The molecule has 9 nitrogen and oxygen atoms in total. The van der Waals surface area contributed by atoms with E-state index in [1.165, 1.54) is 12.1 Å². The topological polar surface area (TPSA) is 122 Å². The van der Waals surface area contributed by atoms with Crippen molar-refractivity contribution in [2.45, 2.75) is 33.4 Å². The monoisotopic (exact) mass is 474 g/mol. The second kappa shape index (κ2) is 12.0. The maximum atomic E-state index is 12.7. The van der Waals surface area contributed by atoms with Crippen LogP contribution in [0.4, 0.5) is 5.69 Å². The van der Waals surface area contributed by atoms with Gasteiger partial charge in [0.1, 0.15) is 11.1 Å². The molecule has 0 aromatic heterocycles. The van der Waals surface area contributed by atoms with Crippen LogP contribution in [0.5, 0.6) is 0 Å². The summed E-state index contributed by atoms with van der Waals surface area (Å²) in [5.41, 5.74) is 0.572. The molecule has 0 aliphatic carbocycles. The first-order chi connectivity index (χ1) is 15.6. The van der Waals surface area contributed by atoms with Gasteiger partial charge in [0.25, 0.3) is 11.6 Å². The molecule has 3 amide bonds.